The number of phenols is 1. The first kappa shape index (κ1) is 18.5. The number of aryl methyl sites for hydroxylation is 2. The smallest absolute Gasteiger partial charge is 0.143 e. The number of aromatic hydroxyl groups is 1. The lowest BCUT2D eigenvalue weighted by atomic mass is 10.1. The zero-order valence-corrected chi connectivity index (χ0v) is 16.2. The van der Waals surface area contributed by atoms with Crippen molar-refractivity contribution in [2.24, 2.45) is 20.5 Å². The van der Waals surface area contributed by atoms with Crippen LogP contribution in [-0.2, 0) is 0 Å². The molecule has 0 aliphatic carbocycles. The molecule has 142 valence electrons. The first-order valence-electron chi connectivity index (χ1n) is 9.32. The van der Waals surface area contributed by atoms with E-state index in [1.165, 1.54) is 0 Å². The second kappa shape index (κ2) is 8.02. The first-order valence-corrected chi connectivity index (χ1v) is 9.32. The fourth-order valence-corrected chi connectivity index (χ4v) is 3.05. The van der Waals surface area contributed by atoms with Gasteiger partial charge in [0, 0.05) is 5.39 Å². The number of hydrogen-bond acceptors (Lipinski definition) is 5. The normalized spacial score (nSPS) is 11.7. The molecule has 0 amide bonds. The Hall–Kier alpha value is -3.86. The molecule has 0 aliphatic rings. The summed E-state index contributed by atoms with van der Waals surface area (Å²) in [5.74, 6) is 0.105. The Balaban J connectivity index is 1.61. The lowest BCUT2D eigenvalue weighted by molar-refractivity contribution is 0.477. The number of benzene rings is 4. The maximum absolute atomic E-state index is 10.2. The number of rotatable bonds is 4. The molecule has 0 bridgehead atoms. The minimum atomic E-state index is 0.105. The third-order valence-electron chi connectivity index (χ3n) is 4.71. The molecular weight excluding hydrogens is 360 g/mol. The van der Waals surface area contributed by atoms with Gasteiger partial charge in [0.2, 0.25) is 0 Å². The van der Waals surface area contributed by atoms with Crippen molar-refractivity contribution in [3.05, 3.63) is 90.0 Å². The predicted octanol–water partition coefficient (Wildman–Crippen LogP) is 7.99. The topological polar surface area (TPSA) is 69.7 Å². The average Bonchev–Trinajstić information content (AvgIpc) is 2.73. The van der Waals surface area contributed by atoms with Crippen molar-refractivity contribution >= 4 is 33.5 Å². The van der Waals surface area contributed by atoms with Crippen molar-refractivity contribution in [2.75, 3.05) is 0 Å². The quantitative estimate of drug-likeness (QED) is 0.358. The van der Waals surface area contributed by atoms with E-state index in [-0.39, 0.29) is 5.75 Å². The Kier molecular flexibility index (Phi) is 5.12. The molecule has 29 heavy (non-hydrogen) atoms. The molecule has 0 radical (unpaired) electrons. The van der Waals surface area contributed by atoms with E-state index in [0.717, 1.165) is 33.3 Å². The summed E-state index contributed by atoms with van der Waals surface area (Å²) in [7, 11) is 0. The van der Waals surface area contributed by atoms with Crippen LogP contribution in [0.1, 0.15) is 11.1 Å². The molecule has 0 heterocycles. The van der Waals surface area contributed by atoms with Crippen LogP contribution in [0.3, 0.4) is 0 Å². The van der Waals surface area contributed by atoms with Gasteiger partial charge >= 0.3 is 0 Å². The largest absolute Gasteiger partial charge is 0.506 e. The van der Waals surface area contributed by atoms with Crippen molar-refractivity contribution in [1.29, 1.82) is 0 Å². The van der Waals surface area contributed by atoms with Crippen LogP contribution in [0.5, 0.6) is 5.75 Å². The number of azo groups is 2. The van der Waals surface area contributed by atoms with Crippen LogP contribution in [-0.4, -0.2) is 5.11 Å². The molecule has 4 aromatic rings. The predicted molar refractivity (Wildman–Crippen MR) is 116 cm³/mol. The van der Waals surface area contributed by atoms with E-state index in [9.17, 15) is 5.11 Å². The molecule has 0 unspecified atom stereocenters. The standard InChI is InChI=1S/C24H20N4O/c1-16-7-3-6-10-21(16)26-25-19-12-13-22(17(2)15-19)27-28-24-20-9-5-4-8-18(20)11-14-23(24)29/h3-15,29H,1-2H3/b26-25+,28-27?. The number of phenolic OH excluding ortho intramolecular Hbond substituents is 1. The Morgan fingerprint density at radius 1 is 0.621 bits per heavy atom. The molecule has 0 atom stereocenters. The van der Waals surface area contributed by atoms with Crippen molar-refractivity contribution in [2.45, 2.75) is 13.8 Å². The van der Waals surface area contributed by atoms with Gasteiger partial charge in [-0.1, -0.05) is 48.5 Å². The van der Waals surface area contributed by atoms with Crippen LogP contribution < -0.4 is 0 Å². The maximum atomic E-state index is 10.2. The lowest BCUT2D eigenvalue weighted by Crippen LogP contribution is -1.76. The Labute approximate surface area is 169 Å². The van der Waals surface area contributed by atoms with Crippen LogP contribution in [0, 0.1) is 13.8 Å². The minimum absolute atomic E-state index is 0.105. The highest BCUT2D eigenvalue weighted by Crippen LogP contribution is 2.36. The van der Waals surface area contributed by atoms with E-state index in [1.54, 1.807) is 6.07 Å². The highest BCUT2D eigenvalue weighted by Gasteiger charge is 2.06. The van der Waals surface area contributed by atoms with Crippen molar-refractivity contribution in [3.8, 4) is 5.75 Å². The van der Waals surface area contributed by atoms with E-state index in [1.807, 2.05) is 86.6 Å². The third kappa shape index (κ3) is 4.04. The van der Waals surface area contributed by atoms with Gasteiger partial charge in [-0.25, -0.2) is 0 Å². The molecule has 5 heteroatoms. The zero-order valence-electron chi connectivity index (χ0n) is 16.2. The Bertz CT molecular complexity index is 1240. The van der Waals surface area contributed by atoms with Gasteiger partial charge in [-0.3, -0.25) is 0 Å². The molecule has 0 aliphatic heterocycles. The molecule has 5 nitrogen and oxygen atoms in total. The van der Waals surface area contributed by atoms with E-state index in [2.05, 4.69) is 20.5 Å². The van der Waals surface area contributed by atoms with Crippen molar-refractivity contribution in [1.82, 2.24) is 0 Å². The van der Waals surface area contributed by atoms with Gasteiger partial charge in [0.05, 0.1) is 17.1 Å². The van der Waals surface area contributed by atoms with E-state index in [4.69, 9.17) is 0 Å². The van der Waals surface area contributed by atoms with Crippen LogP contribution in [0.25, 0.3) is 10.8 Å². The number of fused-ring (bicyclic) bond motifs is 1. The summed E-state index contributed by atoms with van der Waals surface area (Å²) in [4.78, 5) is 0. The molecule has 0 saturated heterocycles. The lowest BCUT2D eigenvalue weighted by Gasteiger charge is -2.04. The summed E-state index contributed by atoms with van der Waals surface area (Å²) in [6.07, 6.45) is 0. The summed E-state index contributed by atoms with van der Waals surface area (Å²) >= 11 is 0. The molecule has 4 aromatic carbocycles. The van der Waals surface area contributed by atoms with Gasteiger partial charge in [0.1, 0.15) is 11.4 Å². The maximum Gasteiger partial charge on any atom is 0.143 e. The summed E-state index contributed by atoms with van der Waals surface area (Å²) in [5, 5.41) is 29.4. The second-order valence-corrected chi connectivity index (χ2v) is 6.81. The van der Waals surface area contributed by atoms with Gasteiger partial charge in [-0.15, -0.1) is 5.11 Å². The summed E-state index contributed by atoms with van der Waals surface area (Å²) in [6.45, 7) is 3.95. The Morgan fingerprint density at radius 2 is 1.34 bits per heavy atom. The highest BCUT2D eigenvalue weighted by molar-refractivity contribution is 5.95. The molecule has 0 saturated carbocycles. The van der Waals surface area contributed by atoms with Crippen molar-refractivity contribution < 1.29 is 5.11 Å². The Morgan fingerprint density at radius 3 is 2.17 bits per heavy atom. The molecule has 0 fully saturated rings. The van der Waals surface area contributed by atoms with Gasteiger partial charge in [-0.2, -0.15) is 15.3 Å². The van der Waals surface area contributed by atoms with Gasteiger partial charge < -0.3 is 5.11 Å². The molecule has 1 N–H and O–H groups in total. The van der Waals surface area contributed by atoms with Crippen LogP contribution in [0.4, 0.5) is 22.7 Å². The van der Waals surface area contributed by atoms with Gasteiger partial charge in [0.25, 0.3) is 0 Å². The van der Waals surface area contributed by atoms with Crippen LogP contribution >= 0.6 is 0 Å². The summed E-state index contributed by atoms with van der Waals surface area (Å²) < 4.78 is 0. The molecule has 4 rings (SSSR count). The van der Waals surface area contributed by atoms with Crippen LogP contribution in [0.15, 0.2) is 99.3 Å². The average molecular weight is 380 g/mol. The zero-order chi connectivity index (χ0) is 20.2. The van der Waals surface area contributed by atoms with Gasteiger partial charge in [-0.05, 0) is 60.7 Å². The highest BCUT2D eigenvalue weighted by atomic mass is 16.3. The fraction of sp³-hybridized carbons (Fsp3) is 0.0833. The number of hydrogen-bond donors (Lipinski definition) is 1. The first-order chi connectivity index (χ1) is 14.1. The van der Waals surface area contributed by atoms with Gasteiger partial charge in [0.15, 0.2) is 0 Å². The van der Waals surface area contributed by atoms with E-state index in [0.29, 0.717) is 11.4 Å². The van der Waals surface area contributed by atoms with E-state index < -0.39 is 0 Å². The van der Waals surface area contributed by atoms with E-state index >= 15 is 0 Å². The third-order valence-corrected chi connectivity index (χ3v) is 4.71. The fourth-order valence-electron chi connectivity index (χ4n) is 3.05. The minimum Gasteiger partial charge on any atom is -0.506 e. The van der Waals surface area contributed by atoms with Crippen LogP contribution in [0.2, 0.25) is 0 Å². The van der Waals surface area contributed by atoms with Crippen molar-refractivity contribution in [3.63, 3.8) is 0 Å². The summed E-state index contributed by atoms with van der Waals surface area (Å²) in [6, 6.07) is 24.8. The monoisotopic (exact) mass is 380 g/mol. The summed E-state index contributed by atoms with van der Waals surface area (Å²) in [5.41, 5.74) is 4.78. The SMILES string of the molecule is Cc1cc(/N=N/c2ccccc2C)ccc1N=Nc1c(O)ccc2ccccc12. The molecule has 0 aromatic heterocycles. The molecule has 0 spiro atoms. The molecular formula is C24H20N4O. The number of nitrogens with zero attached hydrogens (tertiary/aromatic N) is 4. The second-order valence-electron chi connectivity index (χ2n) is 6.81.